The highest BCUT2D eigenvalue weighted by atomic mass is 19.4. The van der Waals surface area contributed by atoms with Crippen molar-refractivity contribution in [2.24, 2.45) is 5.73 Å². The SMILES string of the molecule is NC(C1=CCCCO1)c1ccc(F)c(C(F)(F)F)c1. The maximum Gasteiger partial charge on any atom is 0.419 e. The van der Waals surface area contributed by atoms with Crippen molar-refractivity contribution in [1.82, 2.24) is 0 Å². The summed E-state index contributed by atoms with van der Waals surface area (Å²) >= 11 is 0. The number of hydrogen-bond donors (Lipinski definition) is 1. The van der Waals surface area contributed by atoms with Crippen molar-refractivity contribution in [2.75, 3.05) is 6.61 Å². The van der Waals surface area contributed by atoms with Gasteiger partial charge in [-0.1, -0.05) is 6.07 Å². The minimum atomic E-state index is -4.73. The van der Waals surface area contributed by atoms with E-state index in [1.807, 2.05) is 0 Å². The van der Waals surface area contributed by atoms with E-state index in [4.69, 9.17) is 10.5 Å². The molecule has 6 heteroatoms. The minimum absolute atomic E-state index is 0.182. The highest BCUT2D eigenvalue weighted by Gasteiger charge is 2.34. The van der Waals surface area contributed by atoms with Crippen LogP contribution < -0.4 is 5.73 Å². The highest BCUT2D eigenvalue weighted by molar-refractivity contribution is 5.32. The summed E-state index contributed by atoms with van der Waals surface area (Å²) in [5, 5.41) is 0. The zero-order valence-corrected chi connectivity index (χ0v) is 10.0. The minimum Gasteiger partial charge on any atom is -0.496 e. The molecule has 1 atom stereocenters. The number of allylic oxidation sites excluding steroid dienone is 1. The van der Waals surface area contributed by atoms with Gasteiger partial charge in [0, 0.05) is 0 Å². The molecule has 104 valence electrons. The molecular formula is C13H13F4NO. The van der Waals surface area contributed by atoms with Gasteiger partial charge in [-0.3, -0.25) is 0 Å². The van der Waals surface area contributed by atoms with Gasteiger partial charge in [-0.2, -0.15) is 13.2 Å². The number of rotatable bonds is 2. The van der Waals surface area contributed by atoms with Crippen molar-refractivity contribution in [2.45, 2.75) is 25.1 Å². The average Bonchev–Trinajstić information content (AvgIpc) is 2.38. The average molecular weight is 275 g/mol. The first kappa shape index (κ1) is 13.9. The summed E-state index contributed by atoms with van der Waals surface area (Å²) in [5.41, 5.74) is 4.72. The first-order valence-corrected chi connectivity index (χ1v) is 5.84. The van der Waals surface area contributed by atoms with Crippen molar-refractivity contribution in [1.29, 1.82) is 0 Å². The standard InChI is InChI=1S/C13H13F4NO/c14-10-5-4-8(7-9(10)13(15,16)17)12(18)11-3-1-2-6-19-11/h3-5,7,12H,1-2,6,18H2. The molecule has 0 aliphatic carbocycles. The van der Waals surface area contributed by atoms with Gasteiger partial charge in [0.2, 0.25) is 0 Å². The number of benzene rings is 1. The van der Waals surface area contributed by atoms with Crippen molar-refractivity contribution >= 4 is 0 Å². The summed E-state index contributed by atoms with van der Waals surface area (Å²) < 4.78 is 56.3. The lowest BCUT2D eigenvalue weighted by atomic mass is 10.0. The van der Waals surface area contributed by atoms with Gasteiger partial charge in [0.25, 0.3) is 0 Å². The molecule has 1 aromatic rings. The summed E-state index contributed by atoms with van der Waals surface area (Å²) in [4.78, 5) is 0. The van der Waals surface area contributed by atoms with E-state index in [1.54, 1.807) is 6.08 Å². The van der Waals surface area contributed by atoms with Crippen LogP contribution in [0.1, 0.15) is 30.0 Å². The van der Waals surface area contributed by atoms with E-state index in [0.29, 0.717) is 12.4 Å². The second kappa shape index (κ2) is 5.21. The van der Waals surface area contributed by atoms with Crippen molar-refractivity contribution in [3.63, 3.8) is 0 Å². The van der Waals surface area contributed by atoms with Crippen LogP contribution in [0.15, 0.2) is 30.0 Å². The van der Waals surface area contributed by atoms with E-state index in [2.05, 4.69) is 0 Å². The predicted octanol–water partition coefficient (Wildman–Crippen LogP) is 3.54. The molecule has 0 radical (unpaired) electrons. The smallest absolute Gasteiger partial charge is 0.419 e. The zero-order valence-electron chi connectivity index (χ0n) is 10.0. The molecule has 1 unspecified atom stereocenters. The molecule has 0 aromatic heterocycles. The van der Waals surface area contributed by atoms with Gasteiger partial charge in [-0.25, -0.2) is 4.39 Å². The molecule has 0 saturated heterocycles. The van der Waals surface area contributed by atoms with Crippen LogP contribution in [0.4, 0.5) is 17.6 Å². The Balaban J connectivity index is 2.33. The summed E-state index contributed by atoms with van der Waals surface area (Å²) in [6, 6.07) is 1.95. The lowest BCUT2D eigenvalue weighted by Gasteiger charge is -2.21. The second-order valence-corrected chi connectivity index (χ2v) is 4.31. The third kappa shape index (κ3) is 3.07. The third-order valence-electron chi connectivity index (χ3n) is 2.92. The topological polar surface area (TPSA) is 35.2 Å². The molecule has 0 amide bonds. The molecule has 1 aromatic carbocycles. The Hall–Kier alpha value is -1.56. The van der Waals surface area contributed by atoms with Gasteiger partial charge in [-0.05, 0) is 36.6 Å². The molecular weight excluding hydrogens is 262 g/mol. The Bertz CT molecular complexity index is 496. The molecule has 0 spiro atoms. The van der Waals surface area contributed by atoms with Gasteiger partial charge in [0.05, 0.1) is 18.2 Å². The second-order valence-electron chi connectivity index (χ2n) is 4.31. The molecule has 2 nitrogen and oxygen atoms in total. The van der Waals surface area contributed by atoms with Crippen molar-refractivity contribution < 1.29 is 22.3 Å². The number of halogens is 4. The lowest BCUT2D eigenvalue weighted by molar-refractivity contribution is -0.140. The van der Waals surface area contributed by atoms with E-state index in [0.717, 1.165) is 25.0 Å². The third-order valence-corrected chi connectivity index (χ3v) is 2.92. The Morgan fingerprint density at radius 1 is 1.26 bits per heavy atom. The van der Waals surface area contributed by atoms with E-state index in [9.17, 15) is 17.6 Å². The zero-order chi connectivity index (χ0) is 14.0. The van der Waals surface area contributed by atoms with E-state index < -0.39 is 23.6 Å². The van der Waals surface area contributed by atoms with Crippen molar-refractivity contribution in [3.8, 4) is 0 Å². The molecule has 1 aliphatic rings. The highest BCUT2D eigenvalue weighted by Crippen LogP contribution is 2.34. The molecule has 0 bridgehead atoms. The van der Waals surface area contributed by atoms with Crippen LogP contribution in [-0.4, -0.2) is 6.61 Å². The fraction of sp³-hybridized carbons (Fsp3) is 0.385. The molecule has 1 heterocycles. The van der Waals surface area contributed by atoms with Crippen LogP contribution >= 0.6 is 0 Å². The van der Waals surface area contributed by atoms with Crippen LogP contribution in [0, 0.1) is 5.82 Å². The van der Waals surface area contributed by atoms with Crippen LogP contribution in [0.3, 0.4) is 0 Å². The van der Waals surface area contributed by atoms with Crippen molar-refractivity contribution in [3.05, 3.63) is 47.0 Å². The largest absolute Gasteiger partial charge is 0.496 e. The normalized spacial score (nSPS) is 17.6. The van der Waals surface area contributed by atoms with Gasteiger partial charge in [0.15, 0.2) is 0 Å². The maximum atomic E-state index is 13.2. The molecule has 0 saturated carbocycles. The van der Waals surface area contributed by atoms with Gasteiger partial charge >= 0.3 is 6.18 Å². The number of hydrogen-bond acceptors (Lipinski definition) is 2. The Labute approximate surface area is 107 Å². The van der Waals surface area contributed by atoms with Crippen LogP contribution in [-0.2, 0) is 10.9 Å². The fourth-order valence-corrected chi connectivity index (χ4v) is 1.91. The van der Waals surface area contributed by atoms with E-state index in [-0.39, 0.29) is 5.56 Å². The monoisotopic (exact) mass is 275 g/mol. The van der Waals surface area contributed by atoms with E-state index in [1.165, 1.54) is 6.07 Å². The molecule has 0 fully saturated rings. The maximum absolute atomic E-state index is 13.2. The summed E-state index contributed by atoms with van der Waals surface area (Å²) in [6.45, 7) is 0.493. The van der Waals surface area contributed by atoms with E-state index >= 15 is 0 Å². The Morgan fingerprint density at radius 3 is 2.58 bits per heavy atom. The first-order valence-electron chi connectivity index (χ1n) is 5.84. The Morgan fingerprint density at radius 2 is 2.00 bits per heavy atom. The number of nitrogens with two attached hydrogens (primary N) is 1. The molecule has 1 aliphatic heterocycles. The summed E-state index contributed by atoms with van der Waals surface area (Å²) in [6.07, 6.45) is -1.35. The van der Waals surface area contributed by atoms with Gasteiger partial charge in [0.1, 0.15) is 11.6 Å². The van der Waals surface area contributed by atoms with Crippen LogP contribution in [0.2, 0.25) is 0 Å². The predicted molar refractivity (Wildman–Crippen MR) is 61.6 cm³/mol. The van der Waals surface area contributed by atoms with Gasteiger partial charge < -0.3 is 10.5 Å². The van der Waals surface area contributed by atoms with Crippen LogP contribution in [0.5, 0.6) is 0 Å². The fourth-order valence-electron chi connectivity index (χ4n) is 1.91. The Kier molecular flexibility index (Phi) is 3.80. The number of ether oxygens (including phenoxy) is 1. The number of alkyl halides is 3. The lowest BCUT2D eigenvalue weighted by Crippen LogP contribution is -2.19. The first-order chi connectivity index (χ1) is 8.89. The molecule has 19 heavy (non-hydrogen) atoms. The summed E-state index contributed by atoms with van der Waals surface area (Å²) in [7, 11) is 0. The van der Waals surface area contributed by atoms with Gasteiger partial charge in [-0.15, -0.1) is 0 Å². The van der Waals surface area contributed by atoms with Crippen LogP contribution in [0.25, 0.3) is 0 Å². The quantitative estimate of drug-likeness (QED) is 0.838. The molecule has 2 rings (SSSR count). The summed E-state index contributed by atoms with van der Waals surface area (Å²) in [5.74, 6) is -0.868. The molecule has 2 N–H and O–H groups in total.